The van der Waals surface area contributed by atoms with Crippen molar-refractivity contribution >= 4 is 16.0 Å². The molecule has 2 aromatic carbocycles. The number of hydrogen-bond donors (Lipinski definition) is 1. The van der Waals surface area contributed by atoms with Crippen molar-refractivity contribution < 1.29 is 27.4 Å². The van der Waals surface area contributed by atoms with Crippen molar-refractivity contribution in [2.45, 2.75) is 11.8 Å². The van der Waals surface area contributed by atoms with Gasteiger partial charge in [0.1, 0.15) is 28.7 Å². The lowest BCUT2D eigenvalue weighted by atomic mass is 10.2. The minimum Gasteiger partial charge on any atom is -0.497 e. The predicted molar refractivity (Wildman–Crippen MR) is 91.5 cm³/mol. The van der Waals surface area contributed by atoms with E-state index in [9.17, 15) is 13.2 Å². The molecule has 0 saturated carbocycles. The molecule has 0 radical (unpaired) electrons. The molecule has 134 valence electrons. The summed E-state index contributed by atoms with van der Waals surface area (Å²) in [5, 5.41) is 0. The third kappa shape index (κ3) is 4.71. The van der Waals surface area contributed by atoms with Crippen molar-refractivity contribution in [1.29, 1.82) is 0 Å². The molecule has 0 bridgehead atoms. The van der Waals surface area contributed by atoms with Crippen LogP contribution in [0.4, 0.5) is 0 Å². The Balaban J connectivity index is 2.11. The molecule has 0 unspecified atom stereocenters. The Hall–Kier alpha value is -2.58. The fraction of sp³-hybridized carbons (Fsp3) is 0.235. The third-order valence-corrected chi connectivity index (χ3v) is 4.81. The number of para-hydroxylation sites is 1. The van der Waals surface area contributed by atoms with Gasteiger partial charge in [0.15, 0.2) is 0 Å². The average Bonchev–Trinajstić information content (AvgIpc) is 2.61. The first-order valence-corrected chi connectivity index (χ1v) is 8.83. The number of ether oxygens (including phenoxy) is 3. The number of esters is 1. The normalized spacial score (nSPS) is 11.0. The van der Waals surface area contributed by atoms with Gasteiger partial charge in [0.2, 0.25) is 10.0 Å². The Labute approximate surface area is 146 Å². The molecule has 0 aromatic heterocycles. The van der Waals surface area contributed by atoms with Crippen LogP contribution in [0.3, 0.4) is 0 Å². The summed E-state index contributed by atoms with van der Waals surface area (Å²) in [7, 11) is -1.21. The van der Waals surface area contributed by atoms with Gasteiger partial charge in [-0.3, -0.25) is 4.79 Å². The number of sulfonamides is 1. The molecule has 0 aliphatic heterocycles. The van der Waals surface area contributed by atoms with Crippen molar-refractivity contribution in [1.82, 2.24) is 4.72 Å². The highest BCUT2D eigenvalue weighted by Crippen LogP contribution is 2.27. The van der Waals surface area contributed by atoms with Gasteiger partial charge in [0.25, 0.3) is 0 Å². The summed E-state index contributed by atoms with van der Waals surface area (Å²) in [6.07, 6.45) is 0. The van der Waals surface area contributed by atoms with Crippen LogP contribution in [0.15, 0.2) is 47.4 Å². The SMILES string of the molecule is COc1ccc(OC)c(S(=O)(=O)NCC(=O)Oc2ccccc2C)c1. The van der Waals surface area contributed by atoms with Crippen LogP contribution < -0.4 is 18.9 Å². The maximum atomic E-state index is 12.4. The molecule has 8 heteroatoms. The second kappa shape index (κ2) is 8.00. The summed E-state index contributed by atoms with van der Waals surface area (Å²) in [4.78, 5) is 11.8. The van der Waals surface area contributed by atoms with Crippen molar-refractivity contribution in [3.05, 3.63) is 48.0 Å². The summed E-state index contributed by atoms with van der Waals surface area (Å²) in [6.45, 7) is 1.27. The topological polar surface area (TPSA) is 90.9 Å². The van der Waals surface area contributed by atoms with Crippen LogP contribution in [0.1, 0.15) is 5.56 Å². The number of benzene rings is 2. The van der Waals surface area contributed by atoms with Crippen LogP contribution in [-0.4, -0.2) is 35.2 Å². The van der Waals surface area contributed by atoms with Crippen molar-refractivity contribution in [2.24, 2.45) is 0 Å². The molecule has 2 aromatic rings. The van der Waals surface area contributed by atoms with Gasteiger partial charge < -0.3 is 14.2 Å². The summed E-state index contributed by atoms with van der Waals surface area (Å²) >= 11 is 0. The Morgan fingerprint density at radius 3 is 2.40 bits per heavy atom. The van der Waals surface area contributed by atoms with Crippen LogP contribution in [0, 0.1) is 6.92 Å². The molecule has 2 rings (SSSR count). The minimum absolute atomic E-state index is 0.127. The quantitative estimate of drug-likeness (QED) is 0.595. The van der Waals surface area contributed by atoms with Crippen molar-refractivity contribution in [3.8, 4) is 17.2 Å². The largest absolute Gasteiger partial charge is 0.497 e. The number of aryl methyl sites for hydroxylation is 1. The molecular formula is C17H19NO6S. The van der Waals surface area contributed by atoms with Gasteiger partial charge in [-0.15, -0.1) is 0 Å². The first-order chi connectivity index (χ1) is 11.9. The van der Waals surface area contributed by atoms with Crippen LogP contribution in [0.5, 0.6) is 17.2 Å². The summed E-state index contributed by atoms with van der Waals surface area (Å²) < 4.78 is 42.3. The molecule has 0 fully saturated rings. The van der Waals surface area contributed by atoms with Crippen LogP contribution in [0.25, 0.3) is 0 Å². The van der Waals surface area contributed by atoms with Crippen molar-refractivity contribution in [2.75, 3.05) is 20.8 Å². The van der Waals surface area contributed by atoms with E-state index in [0.717, 1.165) is 5.56 Å². The van der Waals surface area contributed by atoms with E-state index in [-0.39, 0.29) is 10.6 Å². The maximum absolute atomic E-state index is 12.4. The summed E-state index contributed by atoms with van der Waals surface area (Å²) in [6, 6.07) is 11.3. The Morgan fingerprint density at radius 1 is 1.04 bits per heavy atom. The van der Waals surface area contributed by atoms with E-state index in [4.69, 9.17) is 14.2 Å². The molecule has 0 atom stereocenters. The average molecular weight is 365 g/mol. The molecule has 0 aliphatic carbocycles. The van der Waals surface area contributed by atoms with E-state index in [1.54, 1.807) is 31.2 Å². The number of rotatable bonds is 7. The highest BCUT2D eigenvalue weighted by Gasteiger charge is 2.22. The second-order valence-corrected chi connectivity index (χ2v) is 6.82. The Bertz CT molecular complexity index is 863. The van der Waals surface area contributed by atoms with E-state index in [2.05, 4.69) is 4.72 Å². The van der Waals surface area contributed by atoms with Crippen LogP contribution in [-0.2, 0) is 14.8 Å². The summed E-state index contributed by atoms with van der Waals surface area (Å²) in [5.74, 6) is 0.148. The highest BCUT2D eigenvalue weighted by atomic mass is 32.2. The predicted octanol–water partition coefficient (Wildman–Crippen LogP) is 1.90. The zero-order chi connectivity index (χ0) is 18.4. The van der Waals surface area contributed by atoms with Gasteiger partial charge in [0, 0.05) is 6.07 Å². The first kappa shape index (κ1) is 18.8. The molecule has 7 nitrogen and oxygen atoms in total. The van der Waals surface area contributed by atoms with Gasteiger partial charge in [0.05, 0.1) is 14.2 Å². The molecule has 0 amide bonds. The second-order valence-electron chi connectivity index (χ2n) is 5.08. The molecule has 1 N–H and O–H groups in total. The summed E-state index contributed by atoms with van der Waals surface area (Å²) in [5.41, 5.74) is 0.771. The van der Waals surface area contributed by atoms with Crippen molar-refractivity contribution in [3.63, 3.8) is 0 Å². The lowest BCUT2D eigenvalue weighted by molar-refractivity contribution is -0.133. The Morgan fingerprint density at radius 2 is 1.76 bits per heavy atom. The Kier molecular flexibility index (Phi) is 6.00. The van der Waals surface area contributed by atoms with E-state index in [0.29, 0.717) is 11.5 Å². The molecule has 0 saturated heterocycles. The van der Waals surface area contributed by atoms with E-state index < -0.39 is 22.5 Å². The van der Waals surface area contributed by atoms with Crippen LogP contribution in [0.2, 0.25) is 0 Å². The standard InChI is InChI=1S/C17H19NO6S/c1-12-6-4-5-7-14(12)24-17(19)11-18-25(20,21)16-10-13(22-2)8-9-15(16)23-3/h4-10,18H,11H2,1-3H3. The third-order valence-electron chi connectivity index (χ3n) is 3.38. The zero-order valence-corrected chi connectivity index (χ0v) is 14.9. The number of carbonyl (C=O) groups excluding carboxylic acids is 1. The van der Waals surface area contributed by atoms with E-state index in [1.165, 1.54) is 26.4 Å². The smallest absolute Gasteiger partial charge is 0.326 e. The van der Waals surface area contributed by atoms with Gasteiger partial charge in [-0.05, 0) is 30.7 Å². The lowest BCUT2D eigenvalue weighted by Crippen LogP contribution is -2.32. The maximum Gasteiger partial charge on any atom is 0.326 e. The number of hydrogen-bond acceptors (Lipinski definition) is 6. The minimum atomic E-state index is -3.99. The molecule has 25 heavy (non-hydrogen) atoms. The van der Waals surface area contributed by atoms with Crippen LogP contribution >= 0.6 is 0 Å². The molecule has 0 aliphatic rings. The molecular weight excluding hydrogens is 346 g/mol. The number of carbonyl (C=O) groups is 1. The fourth-order valence-electron chi connectivity index (χ4n) is 2.06. The number of nitrogens with one attached hydrogen (secondary N) is 1. The fourth-order valence-corrected chi connectivity index (χ4v) is 3.21. The monoisotopic (exact) mass is 365 g/mol. The van der Waals surface area contributed by atoms with E-state index >= 15 is 0 Å². The van der Waals surface area contributed by atoms with Gasteiger partial charge in [-0.1, -0.05) is 18.2 Å². The van der Waals surface area contributed by atoms with Gasteiger partial charge in [-0.25, -0.2) is 8.42 Å². The van der Waals surface area contributed by atoms with E-state index in [1.807, 2.05) is 6.07 Å². The number of methoxy groups -OCH3 is 2. The zero-order valence-electron chi connectivity index (χ0n) is 14.1. The molecule has 0 heterocycles. The lowest BCUT2D eigenvalue weighted by Gasteiger charge is -2.12. The highest BCUT2D eigenvalue weighted by molar-refractivity contribution is 7.89. The van der Waals surface area contributed by atoms with Gasteiger partial charge in [-0.2, -0.15) is 4.72 Å². The molecule has 0 spiro atoms. The first-order valence-electron chi connectivity index (χ1n) is 7.35. The van der Waals surface area contributed by atoms with Gasteiger partial charge >= 0.3 is 5.97 Å².